The number of rotatable bonds is 8. The van der Waals surface area contributed by atoms with Crippen LogP contribution in [0.15, 0.2) is 0 Å². The molecule has 0 aromatic rings. The summed E-state index contributed by atoms with van der Waals surface area (Å²) in [7, 11) is 0. The Kier molecular flexibility index (Phi) is 5.30. The summed E-state index contributed by atoms with van der Waals surface area (Å²) in [4.78, 5) is 0. The Bertz CT molecular complexity index is 209. The molecule has 2 N–H and O–H groups in total. The molecule has 0 aromatic heterocycles. The van der Waals surface area contributed by atoms with E-state index in [-0.39, 0.29) is 6.10 Å². The fourth-order valence-electron chi connectivity index (χ4n) is 3.17. The summed E-state index contributed by atoms with van der Waals surface area (Å²) in [6, 6.07) is 0.640. The van der Waals surface area contributed by atoms with Gasteiger partial charge in [0.15, 0.2) is 0 Å². The Morgan fingerprint density at radius 3 is 2.29 bits per heavy atom. The minimum absolute atomic E-state index is 0.119. The van der Waals surface area contributed by atoms with Crippen molar-refractivity contribution in [2.75, 3.05) is 6.54 Å². The molecular weight excluding hydrogens is 210 g/mol. The maximum Gasteiger partial charge on any atom is 0.0667 e. The highest BCUT2D eigenvalue weighted by atomic mass is 16.3. The lowest BCUT2D eigenvalue weighted by molar-refractivity contribution is 0.135. The zero-order chi connectivity index (χ0) is 12.1. The Morgan fingerprint density at radius 1 is 1.06 bits per heavy atom. The maximum absolute atomic E-state index is 10.0. The second-order valence-electron chi connectivity index (χ2n) is 6.23. The van der Waals surface area contributed by atoms with Gasteiger partial charge in [-0.15, -0.1) is 0 Å². The van der Waals surface area contributed by atoms with Crippen molar-refractivity contribution in [3.63, 3.8) is 0 Å². The van der Waals surface area contributed by atoms with Gasteiger partial charge in [-0.1, -0.05) is 45.4 Å². The lowest BCUT2D eigenvalue weighted by Gasteiger charge is -2.21. The van der Waals surface area contributed by atoms with Crippen molar-refractivity contribution >= 4 is 0 Å². The molecule has 100 valence electrons. The van der Waals surface area contributed by atoms with Gasteiger partial charge in [0.2, 0.25) is 0 Å². The summed E-state index contributed by atoms with van der Waals surface area (Å²) in [5, 5.41) is 13.6. The molecule has 2 saturated carbocycles. The van der Waals surface area contributed by atoms with Crippen LogP contribution < -0.4 is 5.32 Å². The van der Waals surface area contributed by atoms with Gasteiger partial charge in [-0.25, -0.2) is 0 Å². The highest BCUT2D eigenvalue weighted by Gasteiger charge is 2.25. The molecule has 2 nitrogen and oxygen atoms in total. The summed E-state index contributed by atoms with van der Waals surface area (Å²) in [6.07, 6.45) is 11.7. The summed E-state index contributed by atoms with van der Waals surface area (Å²) in [5.74, 6) is 1.79. The van der Waals surface area contributed by atoms with Crippen LogP contribution >= 0.6 is 0 Å². The second kappa shape index (κ2) is 6.75. The Morgan fingerprint density at radius 2 is 1.71 bits per heavy atom. The highest BCUT2D eigenvalue weighted by Crippen LogP contribution is 2.34. The van der Waals surface area contributed by atoms with Gasteiger partial charge >= 0.3 is 0 Å². The van der Waals surface area contributed by atoms with Gasteiger partial charge in [0, 0.05) is 12.6 Å². The molecule has 0 bridgehead atoms. The summed E-state index contributed by atoms with van der Waals surface area (Å²) >= 11 is 0. The quantitative estimate of drug-likeness (QED) is 0.682. The smallest absolute Gasteiger partial charge is 0.0667 e. The Labute approximate surface area is 106 Å². The van der Waals surface area contributed by atoms with Crippen molar-refractivity contribution in [1.82, 2.24) is 5.32 Å². The van der Waals surface area contributed by atoms with E-state index in [9.17, 15) is 5.11 Å². The van der Waals surface area contributed by atoms with Gasteiger partial charge in [-0.05, 0) is 31.1 Å². The van der Waals surface area contributed by atoms with Crippen molar-refractivity contribution in [2.24, 2.45) is 11.8 Å². The fraction of sp³-hybridized carbons (Fsp3) is 1.00. The molecule has 2 aliphatic rings. The summed E-state index contributed by atoms with van der Waals surface area (Å²) in [5.41, 5.74) is 0. The minimum Gasteiger partial charge on any atom is -0.392 e. The summed E-state index contributed by atoms with van der Waals surface area (Å²) in [6.45, 7) is 3.06. The standard InChI is InChI=1S/C15H29NO/c1-2-14(9-13-7-8-13)16-11-15(17)10-12-5-3-4-6-12/h12-17H,2-11H2,1H3. The molecule has 0 amide bonds. The Balaban J connectivity index is 1.57. The SMILES string of the molecule is CCC(CC1CC1)NCC(O)CC1CCCC1. The molecule has 0 aromatic carbocycles. The third-order valence-corrected chi connectivity index (χ3v) is 4.53. The van der Waals surface area contributed by atoms with Crippen LogP contribution in [-0.4, -0.2) is 23.8 Å². The van der Waals surface area contributed by atoms with Gasteiger partial charge < -0.3 is 10.4 Å². The van der Waals surface area contributed by atoms with Crippen molar-refractivity contribution < 1.29 is 5.11 Å². The van der Waals surface area contributed by atoms with E-state index in [1.165, 1.54) is 51.4 Å². The monoisotopic (exact) mass is 239 g/mol. The molecule has 2 unspecified atom stereocenters. The van der Waals surface area contributed by atoms with E-state index >= 15 is 0 Å². The molecule has 2 heteroatoms. The molecule has 2 rings (SSSR count). The molecule has 2 atom stereocenters. The first-order valence-electron chi connectivity index (χ1n) is 7.69. The highest BCUT2D eigenvalue weighted by molar-refractivity contribution is 4.80. The first-order chi connectivity index (χ1) is 8.28. The number of hydrogen-bond acceptors (Lipinski definition) is 2. The number of nitrogens with one attached hydrogen (secondary N) is 1. The number of aliphatic hydroxyl groups excluding tert-OH is 1. The van der Waals surface area contributed by atoms with Crippen LogP contribution in [0.2, 0.25) is 0 Å². The predicted molar refractivity (Wildman–Crippen MR) is 72.0 cm³/mol. The zero-order valence-corrected chi connectivity index (χ0v) is 11.3. The minimum atomic E-state index is -0.119. The normalized spacial score (nSPS) is 25.1. The van der Waals surface area contributed by atoms with E-state index in [0.29, 0.717) is 6.04 Å². The van der Waals surface area contributed by atoms with E-state index < -0.39 is 0 Å². The topological polar surface area (TPSA) is 32.3 Å². The van der Waals surface area contributed by atoms with Gasteiger partial charge in [-0.2, -0.15) is 0 Å². The molecule has 17 heavy (non-hydrogen) atoms. The second-order valence-corrected chi connectivity index (χ2v) is 6.23. The van der Waals surface area contributed by atoms with Crippen molar-refractivity contribution in [2.45, 2.75) is 76.9 Å². The first-order valence-corrected chi connectivity index (χ1v) is 7.69. The van der Waals surface area contributed by atoms with Gasteiger partial charge in [0.05, 0.1) is 6.10 Å². The van der Waals surface area contributed by atoms with Crippen LogP contribution in [0.25, 0.3) is 0 Å². The van der Waals surface area contributed by atoms with Gasteiger partial charge in [0.25, 0.3) is 0 Å². The molecular formula is C15H29NO. The fourth-order valence-corrected chi connectivity index (χ4v) is 3.17. The van der Waals surface area contributed by atoms with Crippen LogP contribution in [-0.2, 0) is 0 Å². The van der Waals surface area contributed by atoms with Crippen LogP contribution in [0.1, 0.15) is 64.7 Å². The van der Waals surface area contributed by atoms with E-state index in [1.54, 1.807) is 0 Å². The largest absolute Gasteiger partial charge is 0.392 e. The third-order valence-electron chi connectivity index (χ3n) is 4.53. The molecule has 0 aliphatic heterocycles. The van der Waals surface area contributed by atoms with Crippen LogP contribution in [0.5, 0.6) is 0 Å². The van der Waals surface area contributed by atoms with Crippen molar-refractivity contribution in [3.8, 4) is 0 Å². The average molecular weight is 239 g/mol. The Hall–Kier alpha value is -0.0800. The summed E-state index contributed by atoms with van der Waals surface area (Å²) < 4.78 is 0. The van der Waals surface area contributed by atoms with Crippen LogP contribution in [0, 0.1) is 11.8 Å². The number of aliphatic hydroxyl groups is 1. The van der Waals surface area contributed by atoms with Crippen molar-refractivity contribution in [3.05, 3.63) is 0 Å². The zero-order valence-electron chi connectivity index (χ0n) is 11.3. The predicted octanol–water partition coefficient (Wildman–Crippen LogP) is 3.10. The molecule has 0 spiro atoms. The van der Waals surface area contributed by atoms with Crippen LogP contribution in [0.3, 0.4) is 0 Å². The van der Waals surface area contributed by atoms with Gasteiger partial charge in [-0.3, -0.25) is 0 Å². The molecule has 0 radical (unpaired) electrons. The molecule has 2 aliphatic carbocycles. The van der Waals surface area contributed by atoms with Crippen LogP contribution in [0.4, 0.5) is 0 Å². The molecule has 0 heterocycles. The molecule has 0 saturated heterocycles. The van der Waals surface area contributed by atoms with E-state index in [1.807, 2.05) is 0 Å². The number of hydrogen-bond donors (Lipinski definition) is 2. The lowest BCUT2D eigenvalue weighted by Crippen LogP contribution is -2.36. The van der Waals surface area contributed by atoms with E-state index in [0.717, 1.165) is 24.8 Å². The molecule has 2 fully saturated rings. The van der Waals surface area contributed by atoms with E-state index in [2.05, 4.69) is 12.2 Å². The maximum atomic E-state index is 10.0. The van der Waals surface area contributed by atoms with Gasteiger partial charge in [0.1, 0.15) is 0 Å². The first kappa shape index (κ1) is 13.4. The van der Waals surface area contributed by atoms with Crippen molar-refractivity contribution in [1.29, 1.82) is 0 Å². The lowest BCUT2D eigenvalue weighted by atomic mass is 9.99. The average Bonchev–Trinajstić information content (AvgIpc) is 3.00. The van der Waals surface area contributed by atoms with E-state index in [4.69, 9.17) is 0 Å². The third kappa shape index (κ3) is 4.97.